The molecular formula is C27H29N7O2. The molecule has 9 heteroatoms. The second kappa shape index (κ2) is 11.3. The SMILES string of the molecule is Cc1nc(N)ccc1CNC(=O)Cn1c(-c2ccnc(N)c2)cnc(CCCc2ccccc2)c1=O. The van der Waals surface area contributed by atoms with Crippen LogP contribution in [0.2, 0.25) is 0 Å². The number of rotatable bonds is 9. The number of nitrogens with one attached hydrogen (secondary N) is 1. The summed E-state index contributed by atoms with van der Waals surface area (Å²) in [5.74, 6) is 0.430. The quantitative estimate of drug-likeness (QED) is 0.332. The molecular weight excluding hydrogens is 454 g/mol. The molecule has 0 atom stereocenters. The molecule has 5 N–H and O–H groups in total. The van der Waals surface area contributed by atoms with Gasteiger partial charge in [0.05, 0.1) is 11.9 Å². The van der Waals surface area contributed by atoms with E-state index < -0.39 is 0 Å². The number of nitrogens with two attached hydrogens (primary N) is 2. The first-order chi connectivity index (χ1) is 17.4. The molecule has 0 radical (unpaired) electrons. The van der Waals surface area contributed by atoms with E-state index in [9.17, 15) is 9.59 Å². The normalized spacial score (nSPS) is 10.8. The van der Waals surface area contributed by atoms with Crippen molar-refractivity contribution >= 4 is 17.5 Å². The maximum Gasteiger partial charge on any atom is 0.273 e. The molecule has 0 saturated carbocycles. The lowest BCUT2D eigenvalue weighted by Crippen LogP contribution is -2.35. The fourth-order valence-electron chi connectivity index (χ4n) is 3.99. The van der Waals surface area contributed by atoms with Gasteiger partial charge in [-0.25, -0.2) is 9.97 Å². The average molecular weight is 484 g/mol. The fourth-order valence-corrected chi connectivity index (χ4v) is 3.99. The molecule has 4 rings (SSSR count). The molecule has 9 nitrogen and oxygen atoms in total. The van der Waals surface area contributed by atoms with Gasteiger partial charge in [0.25, 0.3) is 5.56 Å². The number of nitrogens with zero attached hydrogens (tertiary/aromatic N) is 4. The third-order valence-corrected chi connectivity index (χ3v) is 5.92. The van der Waals surface area contributed by atoms with Crippen molar-refractivity contribution in [2.45, 2.75) is 39.3 Å². The van der Waals surface area contributed by atoms with Crippen LogP contribution in [0.3, 0.4) is 0 Å². The molecule has 36 heavy (non-hydrogen) atoms. The largest absolute Gasteiger partial charge is 0.384 e. The van der Waals surface area contributed by atoms with Crippen molar-refractivity contribution in [1.29, 1.82) is 0 Å². The van der Waals surface area contributed by atoms with E-state index in [0.717, 1.165) is 24.1 Å². The number of aryl methyl sites for hydroxylation is 3. The average Bonchev–Trinajstić information content (AvgIpc) is 2.86. The molecule has 1 amide bonds. The van der Waals surface area contributed by atoms with Gasteiger partial charge in [-0.05, 0) is 55.5 Å². The first kappa shape index (κ1) is 24.6. The van der Waals surface area contributed by atoms with Gasteiger partial charge in [0.1, 0.15) is 23.9 Å². The van der Waals surface area contributed by atoms with Crippen LogP contribution < -0.4 is 22.3 Å². The summed E-state index contributed by atoms with van der Waals surface area (Å²) in [5, 5.41) is 2.87. The van der Waals surface area contributed by atoms with Crippen molar-refractivity contribution in [1.82, 2.24) is 24.8 Å². The minimum absolute atomic E-state index is 0.161. The van der Waals surface area contributed by atoms with E-state index in [1.165, 1.54) is 10.1 Å². The van der Waals surface area contributed by atoms with Gasteiger partial charge >= 0.3 is 0 Å². The summed E-state index contributed by atoms with van der Waals surface area (Å²) in [5.41, 5.74) is 15.7. The minimum atomic E-state index is -0.307. The Balaban J connectivity index is 1.55. The molecule has 0 saturated heterocycles. The molecule has 3 heterocycles. The molecule has 0 aliphatic carbocycles. The number of pyridine rings is 2. The minimum Gasteiger partial charge on any atom is -0.384 e. The molecule has 3 aromatic heterocycles. The van der Waals surface area contributed by atoms with Crippen molar-refractivity contribution < 1.29 is 4.79 Å². The third-order valence-electron chi connectivity index (χ3n) is 5.92. The van der Waals surface area contributed by atoms with E-state index in [0.29, 0.717) is 35.0 Å². The smallest absolute Gasteiger partial charge is 0.273 e. The Bertz CT molecular complexity index is 1420. The number of hydrogen-bond donors (Lipinski definition) is 3. The number of benzene rings is 1. The highest BCUT2D eigenvalue weighted by atomic mass is 16.2. The van der Waals surface area contributed by atoms with E-state index in [1.807, 2.05) is 31.2 Å². The topological polar surface area (TPSA) is 142 Å². The Kier molecular flexibility index (Phi) is 7.69. The summed E-state index contributed by atoms with van der Waals surface area (Å²) < 4.78 is 1.45. The lowest BCUT2D eigenvalue weighted by atomic mass is 10.1. The van der Waals surface area contributed by atoms with E-state index in [2.05, 4.69) is 32.4 Å². The van der Waals surface area contributed by atoms with Crippen LogP contribution in [-0.2, 0) is 30.7 Å². The first-order valence-electron chi connectivity index (χ1n) is 11.7. The molecule has 0 fully saturated rings. The Morgan fingerprint density at radius 2 is 1.81 bits per heavy atom. The molecule has 184 valence electrons. The van der Waals surface area contributed by atoms with Gasteiger partial charge in [-0.2, -0.15) is 0 Å². The van der Waals surface area contributed by atoms with Crippen LogP contribution in [-0.4, -0.2) is 25.4 Å². The number of amides is 1. The number of aromatic nitrogens is 4. The van der Waals surface area contributed by atoms with Crippen LogP contribution in [0.4, 0.5) is 11.6 Å². The number of anilines is 2. The summed E-state index contributed by atoms with van der Waals surface area (Å²) in [7, 11) is 0. The van der Waals surface area contributed by atoms with Crippen molar-refractivity contribution in [3.8, 4) is 11.3 Å². The van der Waals surface area contributed by atoms with Gasteiger partial charge in [0.2, 0.25) is 5.91 Å². The van der Waals surface area contributed by atoms with E-state index in [-0.39, 0.29) is 24.6 Å². The van der Waals surface area contributed by atoms with E-state index in [4.69, 9.17) is 11.5 Å². The second-order valence-corrected chi connectivity index (χ2v) is 8.55. The molecule has 1 aromatic carbocycles. The number of carbonyl (C=O) groups is 1. The van der Waals surface area contributed by atoms with Gasteiger partial charge in [-0.3, -0.25) is 19.1 Å². The number of carbonyl (C=O) groups excluding carboxylic acids is 1. The van der Waals surface area contributed by atoms with Crippen molar-refractivity contribution in [3.63, 3.8) is 0 Å². The molecule has 0 aliphatic rings. The molecule has 0 unspecified atom stereocenters. The zero-order valence-corrected chi connectivity index (χ0v) is 20.1. The number of hydrogen-bond acceptors (Lipinski definition) is 7. The van der Waals surface area contributed by atoms with Crippen LogP contribution in [0.15, 0.2) is 71.8 Å². The lowest BCUT2D eigenvalue weighted by Gasteiger charge is -2.15. The molecule has 0 aliphatic heterocycles. The van der Waals surface area contributed by atoms with E-state index >= 15 is 0 Å². The predicted molar refractivity (Wildman–Crippen MR) is 140 cm³/mol. The van der Waals surface area contributed by atoms with Crippen molar-refractivity contribution in [2.75, 3.05) is 11.5 Å². The van der Waals surface area contributed by atoms with Crippen LogP contribution in [0, 0.1) is 6.92 Å². The fraction of sp³-hybridized carbons (Fsp3) is 0.222. The highest BCUT2D eigenvalue weighted by Gasteiger charge is 2.16. The van der Waals surface area contributed by atoms with Crippen LogP contribution >= 0.6 is 0 Å². The highest BCUT2D eigenvalue weighted by molar-refractivity contribution is 5.77. The molecule has 0 bridgehead atoms. The maximum absolute atomic E-state index is 13.4. The lowest BCUT2D eigenvalue weighted by molar-refractivity contribution is -0.121. The zero-order valence-electron chi connectivity index (χ0n) is 20.1. The second-order valence-electron chi connectivity index (χ2n) is 8.55. The first-order valence-corrected chi connectivity index (χ1v) is 11.7. The molecule has 4 aromatic rings. The zero-order chi connectivity index (χ0) is 25.5. The Labute approximate surface area is 209 Å². The van der Waals surface area contributed by atoms with Gasteiger partial charge < -0.3 is 16.8 Å². The van der Waals surface area contributed by atoms with Gasteiger partial charge in [0.15, 0.2) is 0 Å². The van der Waals surface area contributed by atoms with Crippen LogP contribution in [0.1, 0.15) is 28.9 Å². The Morgan fingerprint density at radius 1 is 1.00 bits per heavy atom. The highest BCUT2D eigenvalue weighted by Crippen LogP contribution is 2.19. The monoisotopic (exact) mass is 483 g/mol. The van der Waals surface area contributed by atoms with Crippen molar-refractivity contribution in [2.24, 2.45) is 0 Å². The van der Waals surface area contributed by atoms with Crippen molar-refractivity contribution in [3.05, 3.63) is 99.9 Å². The van der Waals surface area contributed by atoms with E-state index in [1.54, 1.807) is 30.6 Å². The van der Waals surface area contributed by atoms with Crippen LogP contribution in [0.5, 0.6) is 0 Å². The Morgan fingerprint density at radius 3 is 2.56 bits per heavy atom. The van der Waals surface area contributed by atoms with Gasteiger partial charge in [0, 0.05) is 24.0 Å². The summed E-state index contributed by atoms with van der Waals surface area (Å²) in [4.78, 5) is 39.0. The third kappa shape index (κ3) is 6.12. The maximum atomic E-state index is 13.4. The summed E-state index contributed by atoms with van der Waals surface area (Å²) in [6.07, 6.45) is 5.29. The predicted octanol–water partition coefficient (Wildman–Crippen LogP) is 2.66. The summed E-state index contributed by atoms with van der Waals surface area (Å²) in [6.45, 7) is 1.95. The Hall–Kier alpha value is -4.53. The van der Waals surface area contributed by atoms with Crippen LogP contribution in [0.25, 0.3) is 11.3 Å². The molecule has 0 spiro atoms. The van der Waals surface area contributed by atoms with Gasteiger partial charge in [-0.1, -0.05) is 36.4 Å². The van der Waals surface area contributed by atoms with Gasteiger partial charge in [-0.15, -0.1) is 0 Å². The summed E-state index contributed by atoms with van der Waals surface area (Å²) >= 11 is 0. The summed E-state index contributed by atoms with van der Waals surface area (Å²) in [6, 6.07) is 17.0. The standard InChI is InChI=1S/C27H29N7O2/c1-18-21(10-11-24(28)33-18)15-32-26(35)17-34-23(20-12-13-30-25(29)14-20)16-31-22(27(34)36)9-5-8-19-6-3-2-4-7-19/h2-4,6-7,10-14,16H,5,8-9,15,17H2,1H3,(H2,28,33)(H2,29,30)(H,32,35). The number of nitrogen functional groups attached to an aromatic ring is 2.